The Hall–Kier alpha value is -1.72. The van der Waals surface area contributed by atoms with E-state index in [0.717, 1.165) is 43.4 Å². The molecule has 2 N–H and O–H groups in total. The van der Waals surface area contributed by atoms with Crippen LogP contribution in [0, 0.1) is 0 Å². The SMILES string of the molecule is O=C(NCCc1ccc(C(F)(F)F)cc1)NC1CCCC1. The van der Waals surface area contributed by atoms with Gasteiger partial charge in [0.05, 0.1) is 5.56 Å². The lowest BCUT2D eigenvalue weighted by molar-refractivity contribution is -0.137. The van der Waals surface area contributed by atoms with Gasteiger partial charge in [0, 0.05) is 12.6 Å². The van der Waals surface area contributed by atoms with Crippen molar-refractivity contribution in [3.05, 3.63) is 35.4 Å². The van der Waals surface area contributed by atoms with Gasteiger partial charge in [-0.2, -0.15) is 13.2 Å². The number of benzene rings is 1. The standard InChI is InChI=1S/C15H19F3N2O/c16-15(17,18)12-7-5-11(6-8-12)9-10-19-14(21)20-13-3-1-2-4-13/h5-8,13H,1-4,9-10H2,(H2,19,20,21). The number of hydrogen-bond acceptors (Lipinski definition) is 1. The molecular formula is C15H19F3N2O. The Kier molecular flexibility index (Phi) is 5.09. The molecule has 0 unspecified atom stereocenters. The zero-order valence-corrected chi connectivity index (χ0v) is 11.7. The Morgan fingerprint density at radius 2 is 1.76 bits per heavy atom. The topological polar surface area (TPSA) is 41.1 Å². The molecule has 0 heterocycles. The fraction of sp³-hybridized carbons (Fsp3) is 0.533. The summed E-state index contributed by atoms with van der Waals surface area (Å²) in [6.07, 6.45) is 0.541. The molecule has 0 aliphatic heterocycles. The number of halogens is 3. The Balaban J connectivity index is 1.71. The summed E-state index contributed by atoms with van der Waals surface area (Å²) in [4.78, 5) is 11.6. The molecule has 3 nitrogen and oxygen atoms in total. The molecule has 1 aromatic carbocycles. The maximum absolute atomic E-state index is 12.4. The highest BCUT2D eigenvalue weighted by Crippen LogP contribution is 2.29. The van der Waals surface area contributed by atoms with Crippen LogP contribution in [0.15, 0.2) is 24.3 Å². The molecular weight excluding hydrogens is 281 g/mol. The van der Waals surface area contributed by atoms with Gasteiger partial charge in [0.25, 0.3) is 0 Å². The maximum atomic E-state index is 12.4. The number of carbonyl (C=O) groups excluding carboxylic acids is 1. The number of amides is 2. The van der Waals surface area contributed by atoms with Crippen LogP contribution in [0.3, 0.4) is 0 Å². The van der Waals surface area contributed by atoms with Gasteiger partial charge in [0.15, 0.2) is 0 Å². The quantitative estimate of drug-likeness (QED) is 0.878. The molecule has 0 saturated heterocycles. The summed E-state index contributed by atoms with van der Waals surface area (Å²) in [5, 5.41) is 5.63. The van der Waals surface area contributed by atoms with E-state index < -0.39 is 11.7 Å². The molecule has 0 radical (unpaired) electrons. The number of nitrogens with one attached hydrogen (secondary N) is 2. The predicted octanol–water partition coefficient (Wildman–Crippen LogP) is 3.49. The molecule has 0 spiro atoms. The second-order valence-electron chi connectivity index (χ2n) is 5.33. The molecule has 21 heavy (non-hydrogen) atoms. The number of rotatable bonds is 4. The van der Waals surface area contributed by atoms with E-state index in [-0.39, 0.29) is 12.1 Å². The van der Waals surface area contributed by atoms with Crippen molar-refractivity contribution in [2.24, 2.45) is 0 Å². The minimum Gasteiger partial charge on any atom is -0.338 e. The molecule has 116 valence electrons. The van der Waals surface area contributed by atoms with Crippen LogP contribution in [0.25, 0.3) is 0 Å². The van der Waals surface area contributed by atoms with Crippen LogP contribution in [0.4, 0.5) is 18.0 Å². The number of carbonyl (C=O) groups is 1. The first-order valence-electron chi connectivity index (χ1n) is 7.15. The van der Waals surface area contributed by atoms with Crippen LogP contribution in [0.2, 0.25) is 0 Å². The van der Waals surface area contributed by atoms with E-state index in [2.05, 4.69) is 10.6 Å². The van der Waals surface area contributed by atoms with E-state index in [1.54, 1.807) is 0 Å². The summed E-state index contributed by atoms with van der Waals surface area (Å²) in [7, 11) is 0. The van der Waals surface area contributed by atoms with Crippen molar-refractivity contribution in [2.45, 2.75) is 44.3 Å². The lowest BCUT2D eigenvalue weighted by Gasteiger charge is -2.13. The van der Waals surface area contributed by atoms with Crippen molar-refractivity contribution in [1.29, 1.82) is 0 Å². The molecule has 1 aromatic rings. The van der Waals surface area contributed by atoms with E-state index in [1.165, 1.54) is 12.1 Å². The second kappa shape index (κ2) is 6.83. The van der Waals surface area contributed by atoms with Gasteiger partial charge >= 0.3 is 12.2 Å². The second-order valence-corrected chi connectivity index (χ2v) is 5.33. The Morgan fingerprint density at radius 1 is 1.14 bits per heavy atom. The molecule has 2 amide bonds. The summed E-state index contributed by atoms with van der Waals surface area (Å²) >= 11 is 0. The van der Waals surface area contributed by atoms with E-state index in [9.17, 15) is 18.0 Å². The van der Waals surface area contributed by atoms with Gasteiger partial charge in [0.1, 0.15) is 0 Å². The largest absolute Gasteiger partial charge is 0.416 e. The van der Waals surface area contributed by atoms with E-state index in [1.807, 2.05) is 0 Å². The molecule has 6 heteroatoms. The minimum atomic E-state index is -4.31. The Bertz CT molecular complexity index is 465. The summed E-state index contributed by atoms with van der Waals surface area (Å²) in [5.74, 6) is 0. The average molecular weight is 300 g/mol. The zero-order chi connectivity index (χ0) is 15.3. The van der Waals surface area contributed by atoms with Gasteiger partial charge in [-0.1, -0.05) is 25.0 Å². The normalized spacial score (nSPS) is 16.0. The fourth-order valence-corrected chi connectivity index (χ4v) is 2.49. The molecule has 1 aliphatic rings. The monoisotopic (exact) mass is 300 g/mol. The predicted molar refractivity (Wildman–Crippen MR) is 73.9 cm³/mol. The number of alkyl halides is 3. The minimum absolute atomic E-state index is 0.200. The van der Waals surface area contributed by atoms with Crippen LogP contribution in [0.5, 0.6) is 0 Å². The average Bonchev–Trinajstić information content (AvgIpc) is 2.91. The molecule has 1 aliphatic carbocycles. The number of hydrogen-bond donors (Lipinski definition) is 2. The van der Waals surface area contributed by atoms with Crippen molar-refractivity contribution in [3.8, 4) is 0 Å². The molecule has 1 fully saturated rings. The molecule has 2 rings (SSSR count). The summed E-state index contributed by atoms with van der Waals surface area (Å²) in [5.41, 5.74) is 0.113. The highest BCUT2D eigenvalue weighted by molar-refractivity contribution is 5.74. The fourth-order valence-electron chi connectivity index (χ4n) is 2.49. The van der Waals surface area contributed by atoms with E-state index >= 15 is 0 Å². The van der Waals surface area contributed by atoms with Gasteiger partial charge in [-0.05, 0) is 37.0 Å². The van der Waals surface area contributed by atoms with Crippen molar-refractivity contribution in [2.75, 3.05) is 6.54 Å². The highest BCUT2D eigenvalue weighted by atomic mass is 19.4. The maximum Gasteiger partial charge on any atom is 0.416 e. The molecule has 0 atom stereocenters. The first-order chi connectivity index (χ1) is 9.95. The molecule has 1 saturated carbocycles. The van der Waals surface area contributed by atoms with E-state index in [0.29, 0.717) is 13.0 Å². The first-order valence-corrected chi connectivity index (χ1v) is 7.15. The summed E-state index contributed by atoms with van der Waals surface area (Å²) in [6.45, 7) is 0.407. The van der Waals surface area contributed by atoms with Crippen LogP contribution >= 0.6 is 0 Å². The van der Waals surface area contributed by atoms with Crippen LogP contribution in [-0.2, 0) is 12.6 Å². The van der Waals surface area contributed by atoms with Crippen molar-refractivity contribution >= 4 is 6.03 Å². The van der Waals surface area contributed by atoms with Crippen LogP contribution in [0.1, 0.15) is 36.8 Å². The van der Waals surface area contributed by atoms with Crippen LogP contribution in [-0.4, -0.2) is 18.6 Å². The lowest BCUT2D eigenvalue weighted by Crippen LogP contribution is -2.41. The van der Waals surface area contributed by atoms with Gasteiger partial charge in [0.2, 0.25) is 0 Å². The van der Waals surface area contributed by atoms with E-state index in [4.69, 9.17) is 0 Å². The van der Waals surface area contributed by atoms with Crippen molar-refractivity contribution in [3.63, 3.8) is 0 Å². The van der Waals surface area contributed by atoms with Crippen LogP contribution < -0.4 is 10.6 Å². The third-order valence-corrected chi connectivity index (χ3v) is 3.67. The Morgan fingerprint density at radius 3 is 2.33 bits per heavy atom. The third-order valence-electron chi connectivity index (χ3n) is 3.67. The Labute approximate surface area is 121 Å². The van der Waals surface area contributed by atoms with Crippen molar-refractivity contribution in [1.82, 2.24) is 10.6 Å². The smallest absolute Gasteiger partial charge is 0.338 e. The third kappa shape index (κ3) is 4.95. The summed E-state index contributed by atoms with van der Waals surface area (Å²) in [6, 6.07) is 5.07. The van der Waals surface area contributed by atoms with Gasteiger partial charge in [-0.3, -0.25) is 0 Å². The zero-order valence-electron chi connectivity index (χ0n) is 11.7. The lowest BCUT2D eigenvalue weighted by atomic mass is 10.1. The number of urea groups is 1. The van der Waals surface area contributed by atoms with Gasteiger partial charge in [-0.15, -0.1) is 0 Å². The first kappa shape index (κ1) is 15.7. The van der Waals surface area contributed by atoms with Gasteiger partial charge in [-0.25, -0.2) is 4.79 Å². The molecule has 0 bridgehead atoms. The highest BCUT2D eigenvalue weighted by Gasteiger charge is 2.29. The van der Waals surface area contributed by atoms with Gasteiger partial charge < -0.3 is 10.6 Å². The van der Waals surface area contributed by atoms with Crippen molar-refractivity contribution < 1.29 is 18.0 Å². The molecule has 0 aromatic heterocycles. The summed E-state index contributed by atoms with van der Waals surface area (Å²) < 4.78 is 37.2.